The van der Waals surface area contributed by atoms with E-state index in [1.807, 2.05) is 29.2 Å². The minimum Gasteiger partial charge on any atom is -0.352 e. The van der Waals surface area contributed by atoms with Crippen LogP contribution >= 0.6 is 11.6 Å². The molecule has 0 saturated carbocycles. The Balaban J connectivity index is 1.93. The number of amides is 2. The topological polar surface area (TPSA) is 49.4 Å². The molecule has 1 saturated heterocycles. The Hall–Kier alpha value is -1.55. The maximum atomic E-state index is 12.6. The van der Waals surface area contributed by atoms with Gasteiger partial charge in [0.1, 0.15) is 5.88 Å². The third-order valence-electron chi connectivity index (χ3n) is 4.27. The van der Waals surface area contributed by atoms with E-state index in [-0.39, 0.29) is 29.2 Å². The van der Waals surface area contributed by atoms with Crippen LogP contribution in [0.15, 0.2) is 24.3 Å². The molecule has 1 fully saturated rings. The Bertz CT molecular complexity index is 555. The lowest BCUT2D eigenvalue weighted by atomic mass is 9.86. The number of nitrogens with zero attached hydrogens (tertiary/aromatic N) is 1. The Morgan fingerprint density at radius 1 is 1.17 bits per heavy atom. The summed E-state index contributed by atoms with van der Waals surface area (Å²) in [6, 6.07) is 7.99. The van der Waals surface area contributed by atoms with Crippen molar-refractivity contribution in [3.8, 4) is 0 Å². The minimum atomic E-state index is -0.144. The molecular formula is C18H25ClN2O2. The van der Waals surface area contributed by atoms with Crippen molar-refractivity contribution in [1.82, 2.24) is 10.2 Å². The summed E-state index contributed by atoms with van der Waals surface area (Å²) in [5.41, 5.74) is 2.03. The molecule has 5 heteroatoms. The van der Waals surface area contributed by atoms with Crippen molar-refractivity contribution < 1.29 is 9.59 Å². The number of carbonyl (C=O) groups excluding carboxylic acids is 2. The molecule has 1 aromatic rings. The summed E-state index contributed by atoms with van der Waals surface area (Å²) in [4.78, 5) is 25.7. The minimum absolute atomic E-state index is 0.0146. The van der Waals surface area contributed by atoms with Gasteiger partial charge in [0.05, 0.1) is 0 Å². The lowest BCUT2D eigenvalue weighted by molar-refractivity contribution is -0.119. The Morgan fingerprint density at radius 3 is 2.22 bits per heavy atom. The van der Waals surface area contributed by atoms with Gasteiger partial charge < -0.3 is 10.2 Å². The van der Waals surface area contributed by atoms with Crippen LogP contribution in [0.4, 0.5) is 0 Å². The van der Waals surface area contributed by atoms with Crippen molar-refractivity contribution in [1.29, 1.82) is 0 Å². The molecular weight excluding hydrogens is 312 g/mol. The number of carbonyl (C=O) groups is 2. The molecule has 0 spiro atoms. The van der Waals surface area contributed by atoms with Gasteiger partial charge in [0, 0.05) is 24.7 Å². The predicted octanol–water partition coefficient (Wildman–Crippen LogP) is 2.94. The highest BCUT2D eigenvalue weighted by atomic mass is 35.5. The quantitative estimate of drug-likeness (QED) is 0.863. The molecule has 2 rings (SSSR count). The molecule has 1 heterocycles. The molecule has 1 aliphatic rings. The smallest absolute Gasteiger partial charge is 0.253 e. The number of benzene rings is 1. The number of nitrogens with one attached hydrogen (secondary N) is 1. The number of likely N-dealkylation sites (tertiary alicyclic amines) is 1. The maximum Gasteiger partial charge on any atom is 0.253 e. The van der Waals surface area contributed by atoms with Crippen molar-refractivity contribution in [3.05, 3.63) is 35.4 Å². The second-order valence-corrected chi connectivity index (χ2v) is 7.36. The van der Waals surface area contributed by atoms with Gasteiger partial charge in [-0.3, -0.25) is 9.59 Å². The van der Waals surface area contributed by atoms with Crippen molar-refractivity contribution in [2.75, 3.05) is 19.0 Å². The van der Waals surface area contributed by atoms with Gasteiger partial charge in [-0.15, -0.1) is 11.6 Å². The van der Waals surface area contributed by atoms with E-state index >= 15 is 0 Å². The Labute approximate surface area is 143 Å². The molecule has 4 nitrogen and oxygen atoms in total. The number of alkyl halides is 1. The van der Waals surface area contributed by atoms with E-state index in [1.54, 1.807) is 0 Å². The Kier molecular flexibility index (Phi) is 5.69. The molecule has 23 heavy (non-hydrogen) atoms. The van der Waals surface area contributed by atoms with Gasteiger partial charge in [0.25, 0.3) is 5.91 Å². The average Bonchev–Trinajstić information content (AvgIpc) is 2.54. The van der Waals surface area contributed by atoms with E-state index in [4.69, 9.17) is 11.6 Å². The van der Waals surface area contributed by atoms with Crippen LogP contribution in [-0.4, -0.2) is 41.7 Å². The Morgan fingerprint density at radius 2 is 1.74 bits per heavy atom. The fourth-order valence-corrected chi connectivity index (χ4v) is 2.87. The monoisotopic (exact) mass is 336 g/mol. The maximum absolute atomic E-state index is 12.6. The van der Waals surface area contributed by atoms with Crippen LogP contribution in [-0.2, 0) is 10.2 Å². The van der Waals surface area contributed by atoms with Crippen LogP contribution in [0.2, 0.25) is 0 Å². The van der Waals surface area contributed by atoms with Gasteiger partial charge in [-0.1, -0.05) is 32.9 Å². The van der Waals surface area contributed by atoms with E-state index in [1.165, 1.54) is 5.56 Å². The standard InChI is InChI=1S/C18H25ClN2O2/c1-18(2,3)14-6-4-13(5-7-14)17(23)21-10-8-15(9-11-21)20-16(22)12-19/h4-7,15H,8-12H2,1-3H3,(H,20,22). The summed E-state index contributed by atoms with van der Waals surface area (Å²) in [6.45, 7) is 7.79. The lowest BCUT2D eigenvalue weighted by Gasteiger charge is -2.32. The first kappa shape index (κ1) is 17.8. The van der Waals surface area contributed by atoms with Crippen LogP contribution in [0.1, 0.15) is 49.5 Å². The lowest BCUT2D eigenvalue weighted by Crippen LogP contribution is -2.46. The molecule has 1 aliphatic heterocycles. The van der Waals surface area contributed by atoms with Crippen LogP contribution in [0.25, 0.3) is 0 Å². The highest BCUT2D eigenvalue weighted by Gasteiger charge is 2.24. The van der Waals surface area contributed by atoms with Crippen molar-refractivity contribution in [2.24, 2.45) is 0 Å². The molecule has 126 valence electrons. The fraction of sp³-hybridized carbons (Fsp3) is 0.556. The molecule has 0 bridgehead atoms. The molecule has 0 aliphatic carbocycles. The van der Waals surface area contributed by atoms with Crippen molar-refractivity contribution in [2.45, 2.75) is 45.1 Å². The molecule has 1 N–H and O–H groups in total. The predicted molar refractivity (Wildman–Crippen MR) is 92.9 cm³/mol. The second-order valence-electron chi connectivity index (χ2n) is 7.09. The summed E-state index contributed by atoms with van der Waals surface area (Å²) < 4.78 is 0. The summed E-state index contributed by atoms with van der Waals surface area (Å²) in [5, 5.41) is 2.88. The van der Waals surface area contributed by atoms with E-state index in [2.05, 4.69) is 26.1 Å². The summed E-state index contributed by atoms with van der Waals surface area (Å²) in [6.07, 6.45) is 1.54. The van der Waals surface area contributed by atoms with Gasteiger partial charge in [-0.25, -0.2) is 0 Å². The number of hydrogen-bond donors (Lipinski definition) is 1. The fourth-order valence-electron chi connectivity index (χ4n) is 2.79. The summed E-state index contributed by atoms with van der Waals surface area (Å²) in [7, 11) is 0. The SMILES string of the molecule is CC(C)(C)c1ccc(C(=O)N2CCC(NC(=O)CCl)CC2)cc1. The van der Waals surface area contributed by atoms with E-state index in [0.717, 1.165) is 18.4 Å². The van der Waals surface area contributed by atoms with Crippen molar-refractivity contribution >= 4 is 23.4 Å². The first-order chi connectivity index (χ1) is 10.8. The molecule has 2 amide bonds. The van der Waals surface area contributed by atoms with Gasteiger partial charge in [-0.05, 0) is 36.0 Å². The highest BCUT2D eigenvalue weighted by molar-refractivity contribution is 6.27. The first-order valence-corrected chi connectivity index (χ1v) is 8.60. The van der Waals surface area contributed by atoms with E-state index in [0.29, 0.717) is 13.1 Å². The molecule has 0 atom stereocenters. The first-order valence-electron chi connectivity index (χ1n) is 8.06. The van der Waals surface area contributed by atoms with Gasteiger partial charge in [0.15, 0.2) is 0 Å². The number of piperidine rings is 1. The summed E-state index contributed by atoms with van der Waals surface area (Å²) in [5.74, 6) is -0.0963. The molecule has 0 radical (unpaired) electrons. The van der Waals surface area contributed by atoms with Gasteiger partial charge >= 0.3 is 0 Å². The van der Waals surface area contributed by atoms with Crippen LogP contribution in [0.5, 0.6) is 0 Å². The summed E-state index contributed by atoms with van der Waals surface area (Å²) >= 11 is 5.50. The average molecular weight is 337 g/mol. The van der Waals surface area contributed by atoms with E-state index in [9.17, 15) is 9.59 Å². The third kappa shape index (κ3) is 4.71. The number of halogens is 1. The van der Waals surface area contributed by atoms with Crippen LogP contribution < -0.4 is 5.32 Å². The molecule has 0 aromatic heterocycles. The third-order valence-corrected chi connectivity index (χ3v) is 4.51. The van der Waals surface area contributed by atoms with Gasteiger partial charge in [0.2, 0.25) is 5.91 Å². The normalized spacial score (nSPS) is 16.3. The zero-order valence-electron chi connectivity index (χ0n) is 14.1. The zero-order chi connectivity index (χ0) is 17.0. The molecule has 0 unspecified atom stereocenters. The second kappa shape index (κ2) is 7.35. The zero-order valence-corrected chi connectivity index (χ0v) is 14.8. The van der Waals surface area contributed by atoms with Gasteiger partial charge in [-0.2, -0.15) is 0 Å². The van der Waals surface area contributed by atoms with Crippen LogP contribution in [0.3, 0.4) is 0 Å². The number of rotatable bonds is 3. The largest absolute Gasteiger partial charge is 0.352 e. The highest BCUT2D eigenvalue weighted by Crippen LogP contribution is 2.23. The van der Waals surface area contributed by atoms with Crippen LogP contribution in [0, 0.1) is 0 Å². The molecule has 1 aromatic carbocycles. The van der Waals surface area contributed by atoms with E-state index < -0.39 is 0 Å². The van der Waals surface area contributed by atoms with Crippen molar-refractivity contribution in [3.63, 3.8) is 0 Å². The number of hydrogen-bond acceptors (Lipinski definition) is 2.